The smallest absolute Gasteiger partial charge is 0.254 e. The summed E-state index contributed by atoms with van der Waals surface area (Å²) in [7, 11) is 0. The van der Waals surface area contributed by atoms with Crippen molar-refractivity contribution in [2.45, 2.75) is 32.8 Å². The third-order valence-corrected chi connectivity index (χ3v) is 5.05. The maximum atomic E-state index is 12.6. The summed E-state index contributed by atoms with van der Waals surface area (Å²) < 4.78 is 5.84. The first-order chi connectivity index (χ1) is 11.8. The lowest BCUT2D eigenvalue weighted by molar-refractivity contribution is -0.140. The van der Waals surface area contributed by atoms with Crippen molar-refractivity contribution in [3.05, 3.63) is 42.0 Å². The molecule has 2 aliphatic carbocycles. The molecule has 2 amide bonds. The molecule has 2 fully saturated rings. The van der Waals surface area contributed by atoms with Crippen LogP contribution in [0.2, 0.25) is 0 Å². The van der Waals surface area contributed by atoms with Crippen LogP contribution < -0.4 is 4.74 Å². The van der Waals surface area contributed by atoms with Crippen LogP contribution in [0.4, 0.5) is 0 Å². The van der Waals surface area contributed by atoms with Crippen LogP contribution in [0.3, 0.4) is 0 Å². The number of ether oxygens (including phenoxy) is 1. The normalized spacial score (nSPS) is 30.6. The minimum absolute atomic E-state index is 0.162. The minimum atomic E-state index is -0.291. The van der Waals surface area contributed by atoms with E-state index in [4.69, 9.17) is 4.74 Å². The predicted molar refractivity (Wildman–Crippen MR) is 94.0 cm³/mol. The Morgan fingerprint density at radius 3 is 2.36 bits per heavy atom. The molecule has 1 saturated carbocycles. The highest BCUT2D eigenvalue weighted by Gasteiger charge is 2.59. The van der Waals surface area contributed by atoms with Gasteiger partial charge in [-0.05, 0) is 56.7 Å². The largest absolute Gasteiger partial charge is 0.488 e. The molecule has 1 aromatic rings. The molecule has 0 N–H and O–H groups in total. The Kier molecular flexibility index (Phi) is 3.56. The van der Waals surface area contributed by atoms with Crippen molar-refractivity contribution in [1.29, 1.82) is 0 Å². The number of rotatable bonds is 3. The molecule has 4 atom stereocenters. The maximum absolute atomic E-state index is 12.6. The second-order valence-electron chi connectivity index (χ2n) is 8.02. The summed E-state index contributed by atoms with van der Waals surface area (Å²) in [6.07, 6.45) is 6.65. The van der Waals surface area contributed by atoms with Gasteiger partial charge in [-0.1, -0.05) is 24.3 Å². The van der Waals surface area contributed by atoms with Crippen LogP contribution in [0, 0.1) is 23.7 Å². The van der Waals surface area contributed by atoms with Crippen molar-refractivity contribution in [2.75, 3.05) is 0 Å². The molecule has 1 aliphatic heterocycles. The quantitative estimate of drug-likeness (QED) is 0.484. The van der Waals surface area contributed by atoms with Crippen LogP contribution in [0.15, 0.2) is 41.5 Å². The van der Waals surface area contributed by atoms with E-state index in [2.05, 4.69) is 17.3 Å². The molecule has 1 heterocycles. The summed E-state index contributed by atoms with van der Waals surface area (Å²) in [5.41, 5.74) is 0.501. The van der Waals surface area contributed by atoms with Gasteiger partial charge in [0.05, 0.1) is 18.1 Å². The number of allylic oxidation sites excluding steroid dienone is 2. The fourth-order valence-electron chi connectivity index (χ4n) is 4.14. The topological polar surface area (TPSA) is 59.0 Å². The number of hydrazone groups is 1. The molecule has 4 rings (SSSR count). The van der Waals surface area contributed by atoms with E-state index in [1.54, 1.807) is 6.21 Å². The zero-order valence-electron chi connectivity index (χ0n) is 14.7. The molecule has 2 bridgehead atoms. The van der Waals surface area contributed by atoms with E-state index in [1.807, 2.05) is 45.0 Å². The monoisotopic (exact) mass is 338 g/mol. The van der Waals surface area contributed by atoms with Crippen molar-refractivity contribution in [2.24, 2.45) is 28.8 Å². The van der Waals surface area contributed by atoms with Gasteiger partial charge in [0, 0.05) is 0 Å². The molecular weight excluding hydrogens is 316 g/mol. The molecule has 0 aromatic heterocycles. The van der Waals surface area contributed by atoms with E-state index in [9.17, 15) is 9.59 Å². The van der Waals surface area contributed by atoms with Crippen molar-refractivity contribution >= 4 is 18.0 Å². The van der Waals surface area contributed by atoms with Gasteiger partial charge in [0.25, 0.3) is 11.8 Å². The molecule has 4 unspecified atom stereocenters. The van der Waals surface area contributed by atoms with Crippen molar-refractivity contribution in [3.8, 4) is 5.75 Å². The molecule has 0 spiro atoms. The second-order valence-corrected chi connectivity index (χ2v) is 8.02. The number of amides is 2. The lowest BCUT2D eigenvalue weighted by atomic mass is 9.85. The fraction of sp³-hybridized carbons (Fsp3) is 0.450. The highest BCUT2D eigenvalue weighted by molar-refractivity contribution is 6.06. The van der Waals surface area contributed by atoms with Crippen LogP contribution >= 0.6 is 0 Å². The van der Waals surface area contributed by atoms with Gasteiger partial charge in [-0.15, -0.1) is 0 Å². The number of fused-ring (bicyclic) bond motifs is 5. The Morgan fingerprint density at radius 1 is 1.12 bits per heavy atom. The van der Waals surface area contributed by atoms with E-state index in [0.717, 1.165) is 22.7 Å². The van der Waals surface area contributed by atoms with Crippen LogP contribution in [0.25, 0.3) is 0 Å². The summed E-state index contributed by atoms with van der Waals surface area (Å²) in [4.78, 5) is 25.2. The number of benzene rings is 1. The summed E-state index contributed by atoms with van der Waals surface area (Å²) >= 11 is 0. The van der Waals surface area contributed by atoms with Crippen LogP contribution in [-0.2, 0) is 9.59 Å². The van der Waals surface area contributed by atoms with Gasteiger partial charge in [0.15, 0.2) is 0 Å². The first kappa shape index (κ1) is 16.1. The van der Waals surface area contributed by atoms with Gasteiger partial charge in [-0.2, -0.15) is 10.1 Å². The molecule has 5 heteroatoms. The van der Waals surface area contributed by atoms with Gasteiger partial charge >= 0.3 is 0 Å². The number of hydrogen-bond donors (Lipinski definition) is 0. The number of imide groups is 1. The molecule has 0 radical (unpaired) electrons. The maximum Gasteiger partial charge on any atom is 0.254 e. The van der Waals surface area contributed by atoms with Gasteiger partial charge in [0.2, 0.25) is 0 Å². The van der Waals surface area contributed by atoms with Gasteiger partial charge in [-0.25, -0.2) is 0 Å². The first-order valence-corrected chi connectivity index (χ1v) is 8.73. The Bertz CT molecular complexity index is 760. The highest BCUT2D eigenvalue weighted by Crippen LogP contribution is 2.52. The van der Waals surface area contributed by atoms with Crippen molar-refractivity contribution in [3.63, 3.8) is 0 Å². The number of nitrogens with zero attached hydrogens (tertiary/aromatic N) is 2. The lowest BCUT2D eigenvalue weighted by Gasteiger charge is -2.21. The Labute approximate surface area is 147 Å². The molecular formula is C20H22N2O3. The van der Waals surface area contributed by atoms with E-state index < -0.39 is 0 Å². The second kappa shape index (κ2) is 5.55. The fourth-order valence-corrected chi connectivity index (χ4v) is 4.14. The molecule has 1 saturated heterocycles. The first-order valence-electron chi connectivity index (χ1n) is 8.73. The Hall–Kier alpha value is -2.43. The third-order valence-electron chi connectivity index (χ3n) is 5.05. The van der Waals surface area contributed by atoms with Crippen LogP contribution in [0.1, 0.15) is 32.8 Å². The van der Waals surface area contributed by atoms with Gasteiger partial charge in [0.1, 0.15) is 11.4 Å². The standard InChI is InChI=1S/C20H22N2O3/c1-20(2,3)25-15-6-4-5-12(9-15)11-21-22-18(23)16-13-7-8-14(10-13)17(16)19(22)24/h4-9,11,13-14,16-17H,10H2,1-3H3. The van der Waals surface area contributed by atoms with Crippen LogP contribution in [0.5, 0.6) is 5.75 Å². The minimum Gasteiger partial charge on any atom is -0.488 e. The molecule has 1 aromatic carbocycles. The average Bonchev–Trinajstić information content (AvgIpc) is 3.19. The highest BCUT2D eigenvalue weighted by atomic mass is 16.5. The van der Waals surface area contributed by atoms with E-state index in [1.165, 1.54) is 0 Å². The zero-order valence-corrected chi connectivity index (χ0v) is 14.7. The number of carbonyl (C=O) groups is 2. The number of carbonyl (C=O) groups excluding carboxylic acids is 2. The number of hydrogen-bond acceptors (Lipinski definition) is 4. The SMILES string of the molecule is CC(C)(C)Oc1cccc(C=NN2C(=O)C3C4C=CC(C4)C3C2=O)c1. The van der Waals surface area contributed by atoms with Crippen molar-refractivity contribution < 1.29 is 14.3 Å². The van der Waals surface area contributed by atoms with Gasteiger partial charge in [-0.3, -0.25) is 9.59 Å². The van der Waals surface area contributed by atoms with Crippen LogP contribution in [-0.4, -0.2) is 28.6 Å². The summed E-state index contributed by atoms with van der Waals surface area (Å²) in [5, 5.41) is 5.27. The average molecular weight is 338 g/mol. The summed E-state index contributed by atoms with van der Waals surface area (Å²) in [6.45, 7) is 5.95. The van der Waals surface area contributed by atoms with Crippen molar-refractivity contribution in [1.82, 2.24) is 5.01 Å². The molecule has 25 heavy (non-hydrogen) atoms. The molecule has 3 aliphatic rings. The third kappa shape index (κ3) is 2.77. The summed E-state index contributed by atoms with van der Waals surface area (Å²) in [5.74, 6) is 0.390. The molecule has 5 nitrogen and oxygen atoms in total. The Morgan fingerprint density at radius 2 is 1.76 bits per heavy atom. The van der Waals surface area contributed by atoms with Gasteiger partial charge < -0.3 is 4.74 Å². The predicted octanol–water partition coefficient (Wildman–Crippen LogP) is 3.00. The Balaban J connectivity index is 1.52. The van der Waals surface area contributed by atoms with E-state index in [-0.39, 0.29) is 41.1 Å². The van der Waals surface area contributed by atoms with E-state index >= 15 is 0 Å². The molecule has 130 valence electrons. The summed E-state index contributed by atoms with van der Waals surface area (Å²) in [6, 6.07) is 7.47. The van der Waals surface area contributed by atoms with E-state index in [0.29, 0.717) is 0 Å². The zero-order chi connectivity index (χ0) is 17.8. The lowest BCUT2D eigenvalue weighted by Crippen LogP contribution is -2.28.